The molecule has 120 valence electrons. The largest absolute Gasteiger partial charge is 0.481 e. The van der Waals surface area contributed by atoms with Gasteiger partial charge in [0.2, 0.25) is 0 Å². The molecular formula is C15H27N3O3. The van der Waals surface area contributed by atoms with Gasteiger partial charge in [-0.2, -0.15) is 0 Å². The fourth-order valence-electron chi connectivity index (χ4n) is 3.34. The predicted molar refractivity (Wildman–Crippen MR) is 80.1 cm³/mol. The molecule has 0 aliphatic carbocycles. The summed E-state index contributed by atoms with van der Waals surface area (Å²) in [5.41, 5.74) is 0. The van der Waals surface area contributed by atoms with Crippen molar-refractivity contribution >= 4 is 12.0 Å². The van der Waals surface area contributed by atoms with E-state index in [1.54, 1.807) is 4.90 Å². The molecule has 0 aromatic heterocycles. The van der Waals surface area contributed by atoms with E-state index in [2.05, 4.69) is 17.1 Å². The zero-order valence-corrected chi connectivity index (χ0v) is 13.0. The lowest BCUT2D eigenvalue weighted by Gasteiger charge is -2.33. The third kappa shape index (κ3) is 4.09. The molecule has 0 saturated carbocycles. The van der Waals surface area contributed by atoms with Crippen LogP contribution in [0.25, 0.3) is 0 Å². The summed E-state index contributed by atoms with van der Waals surface area (Å²) >= 11 is 0. The summed E-state index contributed by atoms with van der Waals surface area (Å²) in [5, 5.41) is 12.2. The number of amides is 2. The summed E-state index contributed by atoms with van der Waals surface area (Å²) in [6.07, 6.45) is 3.13. The van der Waals surface area contributed by atoms with Crippen molar-refractivity contribution in [2.24, 2.45) is 11.8 Å². The molecule has 2 amide bonds. The Morgan fingerprint density at radius 2 is 1.90 bits per heavy atom. The molecule has 2 fully saturated rings. The summed E-state index contributed by atoms with van der Waals surface area (Å²) in [6.45, 7) is 8.15. The van der Waals surface area contributed by atoms with Crippen LogP contribution in [0.5, 0.6) is 0 Å². The van der Waals surface area contributed by atoms with Crippen molar-refractivity contribution in [1.29, 1.82) is 0 Å². The number of aliphatic carboxylic acids is 1. The molecule has 2 atom stereocenters. The lowest BCUT2D eigenvalue weighted by molar-refractivity contribution is -0.142. The minimum atomic E-state index is -0.800. The average molecular weight is 297 g/mol. The zero-order valence-electron chi connectivity index (χ0n) is 13.0. The predicted octanol–water partition coefficient (Wildman–Crippen LogP) is 1.22. The van der Waals surface area contributed by atoms with E-state index in [4.69, 9.17) is 5.11 Å². The summed E-state index contributed by atoms with van der Waals surface area (Å²) < 4.78 is 0. The van der Waals surface area contributed by atoms with Crippen molar-refractivity contribution in [2.75, 3.05) is 32.7 Å². The van der Waals surface area contributed by atoms with E-state index < -0.39 is 11.9 Å². The molecule has 0 radical (unpaired) electrons. The molecule has 2 unspecified atom stereocenters. The van der Waals surface area contributed by atoms with E-state index in [-0.39, 0.29) is 18.0 Å². The summed E-state index contributed by atoms with van der Waals surface area (Å²) in [7, 11) is 0. The maximum absolute atomic E-state index is 12.2. The van der Waals surface area contributed by atoms with Crippen molar-refractivity contribution in [3.05, 3.63) is 0 Å². The third-order valence-electron chi connectivity index (χ3n) is 4.67. The third-order valence-corrected chi connectivity index (χ3v) is 4.67. The van der Waals surface area contributed by atoms with Crippen LogP contribution in [0, 0.1) is 11.8 Å². The summed E-state index contributed by atoms with van der Waals surface area (Å²) in [6, 6.07) is 0.129. The fourth-order valence-corrected chi connectivity index (χ4v) is 3.34. The minimum Gasteiger partial charge on any atom is -0.481 e. The number of carboxylic acid groups (broad SMARTS) is 1. The van der Waals surface area contributed by atoms with Crippen molar-refractivity contribution in [3.8, 4) is 0 Å². The minimum absolute atomic E-state index is 0.0275. The first-order valence-corrected chi connectivity index (χ1v) is 8.01. The van der Waals surface area contributed by atoms with Gasteiger partial charge in [0.05, 0.1) is 5.92 Å². The van der Waals surface area contributed by atoms with Crippen molar-refractivity contribution in [3.63, 3.8) is 0 Å². The van der Waals surface area contributed by atoms with Gasteiger partial charge in [0.1, 0.15) is 0 Å². The first-order chi connectivity index (χ1) is 10.0. The van der Waals surface area contributed by atoms with Crippen molar-refractivity contribution < 1.29 is 14.7 Å². The Hall–Kier alpha value is -1.30. The SMILES string of the molecule is CCCN1CCC(NC(=O)N2CC(C)C(C(=O)O)C2)CC1. The van der Waals surface area contributed by atoms with Crippen LogP contribution < -0.4 is 5.32 Å². The Balaban J connectivity index is 1.77. The molecule has 21 heavy (non-hydrogen) atoms. The van der Waals surface area contributed by atoms with Gasteiger partial charge in [0.25, 0.3) is 0 Å². The molecule has 2 rings (SSSR count). The highest BCUT2D eigenvalue weighted by Gasteiger charge is 2.37. The molecular weight excluding hydrogens is 270 g/mol. The van der Waals surface area contributed by atoms with Gasteiger partial charge >= 0.3 is 12.0 Å². The Labute approximate surface area is 126 Å². The lowest BCUT2D eigenvalue weighted by atomic mass is 9.99. The normalized spacial score (nSPS) is 27.8. The first-order valence-electron chi connectivity index (χ1n) is 8.01. The Morgan fingerprint density at radius 3 is 2.43 bits per heavy atom. The number of piperidine rings is 1. The number of nitrogens with zero attached hydrogens (tertiary/aromatic N) is 2. The van der Waals surface area contributed by atoms with Gasteiger partial charge in [-0.1, -0.05) is 13.8 Å². The Kier molecular flexibility index (Phi) is 5.45. The Morgan fingerprint density at radius 1 is 1.24 bits per heavy atom. The van der Waals surface area contributed by atoms with Crippen molar-refractivity contribution in [1.82, 2.24) is 15.1 Å². The highest BCUT2D eigenvalue weighted by Crippen LogP contribution is 2.23. The van der Waals surface area contributed by atoms with Crippen LogP contribution in [0.1, 0.15) is 33.1 Å². The van der Waals surface area contributed by atoms with Crippen molar-refractivity contribution in [2.45, 2.75) is 39.2 Å². The number of urea groups is 1. The number of carbonyl (C=O) groups excluding carboxylic acids is 1. The van der Waals surface area contributed by atoms with Crippen LogP contribution in [0.3, 0.4) is 0 Å². The van der Waals surface area contributed by atoms with Crippen LogP contribution in [-0.4, -0.2) is 65.7 Å². The van der Waals surface area contributed by atoms with E-state index in [1.807, 2.05) is 6.92 Å². The molecule has 2 heterocycles. The van der Waals surface area contributed by atoms with Gasteiger partial charge in [-0.3, -0.25) is 4.79 Å². The van der Waals surface area contributed by atoms with Gasteiger partial charge < -0.3 is 20.2 Å². The van der Waals surface area contributed by atoms with Gasteiger partial charge in [0, 0.05) is 32.2 Å². The molecule has 0 bridgehead atoms. The van der Waals surface area contributed by atoms with Crippen LogP contribution in [0.2, 0.25) is 0 Å². The van der Waals surface area contributed by atoms with Gasteiger partial charge in [-0.25, -0.2) is 4.79 Å². The number of rotatable bonds is 4. The number of carboxylic acids is 1. The standard InChI is InChI=1S/C15H27N3O3/c1-3-6-17-7-4-12(5-8-17)16-15(21)18-9-11(2)13(10-18)14(19)20/h11-13H,3-10H2,1-2H3,(H,16,21)(H,19,20). The van der Waals surface area contributed by atoms with Gasteiger partial charge in [-0.15, -0.1) is 0 Å². The highest BCUT2D eigenvalue weighted by atomic mass is 16.4. The van der Waals surface area contributed by atoms with E-state index in [1.165, 1.54) is 6.42 Å². The lowest BCUT2D eigenvalue weighted by Crippen LogP contribution is -2.49. The smallest absolute Gasteiger partial charge is 0.317 e. The number of hydrogen-bond donors (Lipinski definition) is 2. The molecule has 2 aliphatic rings. The molecule has 2 aliphatic heterocycles. The molecule has 0 aromatic rings. The average Bonchev–Trinajstić information content (AvgIpc) is 2.84. The van der Waals surface area contributed by atoms with Crippen LogP contribution in [0.4, 0.5) is 4.79 Å². The highest BCUT2D eigenvalue weighted by molar-refractivity contribution is 5.77. The number of nitrogens with one attached hydrogen (secondary N) is 1. The number of hydrogen-bond acceptors (Lipinski definition) is 3. The van der Waals surface area contributed by atoms with Crippen LogP contribution >= 0.6 is 0 Å². The molecule has 2 N–H and O–H groups in total. The maximum atomic E-state index is 12.2. The maximum Gasteiger partial charge on any atom is 0.317 e. The second kappa shape index (κ2) is 7.11. The molecule has 0 spiro atoms. The van der Waals surface area contributed by atoms with Crippen LogP contribution in [0.15, 0.2) is 0 Å². The number of likely N-dealkylation sites (tertiary alicyclic amines) is 2. The number of carbonyl (C=O) groups is 2. The van der Waals surface area contributed by atoms with E-state index in [0.717, 1.165) is 32.5 Å². The second-order valence-electron chi connectivity index (χ2n) is 6.39. The van der Waals surface area contributed by atoms with Gasteiger partial charge in [-0.05, 0) is 31.7 Å². The zero-order chi connectivity index (χ0) is 15.4. The summed E-state index contributed by atoms with van der Waals surface area (Å²) in [5.74, 6) is -1.20. The van der Waals surface area contributed by atoms with E-state index in [9.17, 15) is 9.59 Å². The molecule has 2 saturated heterocycles. The quantitative estimate of drug-likeness (QED) is 0.818. The van der Waals surface area contributed by atoms with Crippen LogP contribution in [-0.2, 0) is 4.79 Å². The second-order valence-corrected chi connectivity index (χ2v) is 6.39. The first kappa shape index (κ1) is 16.1. The topological polar surface area (TPSA) is 72.9 Å². The Bertz CT molecular complexity index is 380. The monoisotopic (exact) mass is 297 g/mol. The molecule has 6 nitrogen and oxygen atoms in total. The van der Waals surface area contributed by atoms with Gasteiger partial charge in [0.15, 0.2) is 0 Å². The summed E-state index contributed by atoms with van der Waals surface area (Å²) in [4.78, 5) is 27.4. The molecule has 0 aromatic carbocycles. The van der Waals surface area contributed by atoms with E-state index >= 15 is 0 Å². The van der Waals surface area contributed by atoms with E-state index in [0.29, 0.717) is 13.1 Å². The fraction of sp³-hybridized carbons (Fsp3) is 0.867. The molecule has 6 heteroatoms.